The fourth-order valence-corrected chi connectivity index (χ4v) is 3.39. The van der Waals surface area contributed by atoms with E-state index in [0.29, 0.717) is 23.0 Å². The van der Waals surface area contributed by atoms with Gasteiger partial charge in [-0.05, 0) is 36.4 Å². The highest BCUT2D eigenvalue weighted by atomic mass is 32.2. The van der Waals surface area contributed by atoms with Gasteiger partial charge in [0.25, 0.3) is 17.1 Å². The second-order valence-corrected chi connectivity index (χ2v) is 6.81. The van der Waals surface area contributed by atoms with E-state index in [-0.39, 0.29) is 30.1 Å². The van der Waals surface area contributed by atoms with Gasteiger partial charge < -0.3 is 10.1 Å². The first-order valence-electron chi connectivity index (χ1n) is 8.76. The molecule has 0 saturated carbocycles. The number of pyridine rings is 1. The third kappa shape index (κ3) is 4.77. The summed E-state index contributed by atoms with van der Waals surface area (Å²) in [6.45, 7) is 2.60. The van der Waals surface area contributed by atoms with Crippen LogP contribution in [0.25, 0.3) is 6.08 Å². The molecule has 0 aliphatic carbocycles. The Kier molecular flexibility index (Phi) is 6.44. The van der Waals surface area contributed by atoms with Crippen molar-refractivity contribution in [3.8, 4) is 5.88 Å². The molecule has 1 N–H and O–H groups in total. The standard InChI is InChI=1S/C20H19N3O4S/c1-2-27-17-9-8-15(13-22-17)18(24)21-10-11-23-19(25)16(28-20(23)26)12-14-6-4-3-5-7-14/h3-9,12-13H,2,10-11H2,1H3,(H,21,24)/b16-12-. The van der Waals surface area contributed by atoms with Crippen molar-refractivity contribution >= 4 is 34.9 Å². The maximum atomic E-state index is 12.4. The number of rotatable bonds is 7. The first-order chi connectivity index (χ1) is 13.6. The number of amides is 3. The van der Waals surface area contributed by atoms with Crippen molar-refractivity contribution in [3.05, 3.63) is 64.7 Å². The Balaban J connectivity index is 1.54. The number of carbonyl (C=O) groups excluding carboxylic acids is 3. The Morgan fingerprint density at radius 2 is 2.00 bits per heavy atom. The van der Waals surface area contributed by atoms with E-state index in [1.54, 1.807) is 18.2 Å². The molecule has 144 valence electrons. The summed E-state index contributed by atoms with van der Waals surface area (Å²) in [4.78, 5) is 42.3. The smallest absolute Gasteiger partial charge is 0.293 e. The van der Waals surface area contributed by atoms with Crippen molar-refractivity contribution in [1.82, 2.24) is 15.2 Å². The van der Waals surface area contributed by atoms with E-state index in [1.165, 1.54) is 6.20 Å². The summed E-state index contributed by atoms with van der Waals surface area (Å²) in [6.07, 6.45) is 3.11. The predicted octanol–water partition coefficient (Wildman–Crippen LogP) is 2.95. The van der Waals surface area contributed by atoms with Crippen LogP contribution in [0.3, 0.4) is 0 Å². The molecule has 1 aliphatic rings. The van der Waals surface area contributed by atoms with Gasteiger partial charge in [-0.25, -0.2) is 4.98 Å². The van der Waals surface area contributed by atoms with Crippen LogP contribution in [-0.4, -0.2) is 46.6 Å². The van der Waals surface area contributed by atoms with Gasteiger partial charge in [0.05, 0.1) is 17.1 Å². The Morgan fingerprint density at radius 3 is 2.68 bits per heavy atom. The summed E-state index contributed by atoms with van der Waals surface area (Å²) >= 11 is 0.900. The van der Waals surface area contributed by atoms with Gasteiger partial charge in [-0.15, -0.1) is 0 Å². The molecular weight excluding hydrogens is 378 g/mol. The topological polar surface area (TPSA) is 88.6 Å². The highest BCUT2D eigenvalue weighted by Gasteiger charge is 2.34. The molecule has 1 aromatic carbocycles. The summed E-state index contributed by atoms with van der Waals surface area (Å²) in [7, 11) is 0. The molecule has 0 unspecified atom stereocenters. The third-order valence-corrected chi connectivity index (χ3v) is 4.79. The van der Waals surface area contributed by atoms with E-state index in [0.717, 1.165) is 22.2 Å². The molecule has 2 heterocycles. The molecule has 7 nitrogen and oxygen atoms in total. The lowest BCUT2D eigenvalue weighted by Crippen LogP contribution is -2.37. The average molecular weight is 397 g/mol. The predicted molar refractivity (Wildman–Crippen MR) is 107 cm³/mol. The Labute approximate surface area is 166 Å². The Morgan fingerprint density at radius 1 is 1.21 bits per heavy atom. The molecule has 1 fully saturated rings. The molecule has 0 spiro atoms. The van der Waals surface area contributed by atoms with Gasteiger partial charge in [0, 0.05) is 25.4 Å². The lowest BCUT2D eigenvalue weighted by atomic mass is 10.2. The van der Waals surface area contributed by atoms with Crippen molar-refractivity contribution in [2.24, 2.45) is 0 Å². The molecule has 2 aromatic rings. The Bertz CT molecular complexity index is 897. The van der Waals surface area contributed by atoms with Gasteiger partial charge in [-0.1, -0.05) is 30.3 Å². The summed E-state index contributed by atoms with van der Waals surface area (Å²) in [5.74, 6) is -0.236. The number of thioether (sulfide) groups is 1. The molecule has 3 rings (SSSR count). The SMILES string of the molecule is CCOc1ccc(C(=O)NCCN2C(=O)S/C(=C\c3ccccc3)C2=O)cn1. The molecule has 28 heavy (non-hydrogen) atoms. The highest BCUT2D eigenvalue weighted by Crippen LogP contribution is 2.31. The van der Waals surface area contributed by atoms with Crippen LogP contribution in [-0.2, 0) is 4.79 Å². The van der Waals surface area contributed by atoms with Crippen molar-refractivity contribution in [1.29, 1.82) is 0 Å². The molecule has 8 heteroatoms. The summed E-state index contributed by atoms with van der Waals surface area (Å²) in [5.41, 5.74) is 1.23. The lowest BCUT2D eigenvalue weighted by Gasteiger charge is -2.13. The van der Waals surface area contributed by atoms with Gasteiger partial charge in [0.15, 0.2) is 0 Å². The molecule has 0 atom stereocenters. The van der Waals surface area contributed by atoms with Crippen LogP contribution in [0.4, 0.5) is 4.79 Å². The van der Waals surface area contributed by atoms with Gasteiger partial charge in [-0.3, -0.25) is 19.3 Å². The third-order valence-electron chi connectivity index (χ3n) is 3.88. The number of benzene rings is 1. The molecule has 1 aromatic heterocycles. The zero-order valence-electron chi connectivity index (χ0n) is 15.3. The van der Waals surface area contributed by atoms with Crippen LogP contribution < -0.4 is 10.1 Å². The van der Waals surface area contributed by atoms with Crippen molar-refractivity contribution in [3.63, 3.8) is 0 Å². The van der Waals surface area contributed by atoms with E-state index >= 15 is 0 Å². The molecule has 0 radical (unpaired) electrons. The summed E-state index contributed by atoms with van der Waals surface area (Å²) in [6, 6.07) is 12.5. The molecule has 3 amide bonds. The lowest BCUT2D eigenvalue weighted by molar-refractivity contribution is -0.122. The number of hydrogen-bond acceptors (Lipinski definition) is 6. The maximum Gasteiger partial charge on any atom is 0.293 e. The fraction of sp³-hybridized carbons (Fsp3) is 0.200. The first-order valence-corrected chi connectivity index (χ1v) is 9.57. The van der Waals surface area contributed by atoms with Crippen LogP contribution in [0, 0.1) is 0 Å². The van der Waals surface area contributed by atoms with Crippen LogP contribution in [0.1, 0.15) is 22.8 Å². The van der Waals surface area contributed by atoms with Crippen LogP contribution in [0.5, 0.6) is 5.88 Å². The number of ether oxygens (including phenoxy) is 1. The quantitative estimate of drug-likeness (QED) is 0.723. The van der Waals surface area contributed by atoms with Crippen molar-refractivity contribution in [2.75, 3.05) is 19.7 Å². The number of nitrogens with zero attached hydrogens (tertiary/aromatic N) is 2. The summed E-state index contributed by atoms with van der Waals surface area (Å²) in [5, 5.41) is 2.34. The van der Waals surface area contributed by atoms with Gasteiger partial charge in [0.1, 0.15) is 0 Å². The second-order valence-electron chi connectivity index (χ2n) is 5.82. The minimum atomic E-state index is -0.351. The number of aromatic nitrogens is 1. The van der Waals surface area contributed by atoms with E-state index in [9.17, 15) is 14.4 Å². The molecular formula is C20H19N3O4S. The monoisotopic (exact) mass is 397 g/mol. The van der Waals surface area contributed by atoms with Crippen molar-refractivity contribution in [2.45, 2.75) is 6.92 Å². The van der Waals surface area contributed by atoms with E-state index in [4.69, 9.17) is 4.74 Å². The zero-order valence-corrected chi connectivity index (χ0v) is 16.1. The summed E-state index contributed by atoms with van der Waals surface area (Å²) < 4.78 is 5.23. The normalized spacial score (nSPS) is 15.2. The second kappa shape index (κ2) is 9.18. The fourth-order valence-electron chi connectivity index (χ4n) is 2.52. The van der Waals surface area contributed by atoms with Crippen LogP contribution >= 0.6 is 11.8 Å². The van der Waals surface area contributed by atoms with Crippen LogP contribution in [0.15, 0.2) is 53.6 Å². The van der Waals surface area contributed by atoms with Gasteiger partial charge >= 0.3 is 0 Å². The largest absolute Gasteiger partial charge is 0.478 e. The average Bonchev–Trinajstić information content (AvgIpc) is 2.97. The van der Waals surface area contributed by atoms with Crippen LogP contribution in [0.2, 0.25) is 0 Å². The highest BCUT2D eigenvalue weighted by molar-refractivity contribution is 8.18. The minimum absolute atomic E-state index is 0.104. The van der Waals surface area contributed by atoms with E-state index in [2.05, 4.69) is 10.3 Å². The number of hydrogen-bond donors (Lipinski definition) is 1. The van der Waals surface area contributed by atoms with Gasteiger partial charge in [0.2, 0.25) is 5.88 Å². The molecule has 1 saturated heterocycles. The van der Waals surface area contributed by atoms with E-state index in [1.807, 2.05) is 37.3 Å². The zero-order chi connectivity index (χ0) is 19.9. The first kappa shape index (κ1) is 19.6. The molecule has 1 aliphatic heterocycles. The number of carbonyl (C=O) groups is 3. The van der Waals surface area contributed by atoms with Crippen molar-refractivity contribution < 1.29 is 19.1 Å². The number of nitrogens with one attached hydrogen (secondary N) is 1. The minimum Gasteiger partial charge on any atom is -0.478 e. The Hall–Kier alpha value is -3.13. The van der Waals surface area contributed by atoms with E-state index < -0.39 is 0 Å². The van der Waals surface area contributed by atoms with Gasteiger partial charge in [-0.2, -0.15) is 0 Å². The maximum absolute atomic E-state index is 12.4. The number of imide groups is 1. The molecule has 0 bridgehead atoms.